The molecule has 2 aromatic rings. The average molecular weight is 348 g/mol. The summed E-state index contributed by atoms with van der Waals surface area (Å²) < 4.78 is 26.2. The summed E-state index contributed by atoms with van der Waals surface area (Å²) in [5, 5.41) is 5.08. The van der Waals surface area contributed by atoms with E-state index in [1.807, 2.05) is 6.92 Å². The van der Waals surface area contributed by atoms with E-state index in [1.54, 1.807) is 24.1 Å². The van der Waals surface area contributed by atoms with Crippen molar-refractivity contribution in [2.75, 3.05) is 30.4 Å². The third kappa shape index (κ3) is 5.23. The van der Waals surface area contributed by atoms with Crippen molar-refractivity contribution < 1.29 is 18.4 Å². The maximum atomic E-state index is 13.1. The van der Waals surface area contributed by atoms with Crippen molar-refractivity contribution in [1.29, 1.82) is 0 Å². The molecule has 0 aliphatic rings. The van der Waals surface area contributed by atoms with E-state index in [-0.39, 0.29) is 18.1 Å². The van der Waals surface area contributed by atoms with Crippen molar-refractivity contribution in [1.82, 2.24) is 10.3 Å². The van der Waals surface area contributed by atoms with Crippen LogP contribution < -0.4 is 15.5 Å². The molecule has 2 N–H and O–H groups in total. The van der Waals surface area contributed by atoms with Gasteiger partial charge in [-0.3, -0.25) is 9.59 Å². The first kappa shape index (κ1) is 18.3. The highest BCUT2D eigenvalue weighted by atomic mass is 19.1. The zero-order valence-electron chi connectivity index (χ0n) is 13.8. The summed E-state index contributed by atoms with van der Waals surface area (Å²) in [5.41, 5.74) is 0.453. The Balaban J connectivity index is 1.97. The standard InChI is InChI=1S/C17H18F2N4O2/c1-3-20-17(25)11-4-5-15(21-9-11)23(2)10-16(24)22-14-7-12(18)6-13(19)8-14/h4-9H,3,10H2,1-2H3,(H,20,25)(H,22,24). The number of nitrogens with zero attached hydrogens (tertiary/aromatic N) is 2. The van der Waals surface area contributed by atoms with Crippen LogP contribution in [0.25, 0.3) is 0 Å². The topological polar surface area (TPSA) is 74.3 Å². The summed E-state index contributed by atoms with van der Waals surface area (Å²) >= 11 is 0. The highest BCUT2D eigenvalue weighted by Crippen LogP contribution is 2.14. The first-order valence-corrected chi connectivity index (χ1v) is 7.60. The number of benzene rings is 1. The molecule has 8 heteroatoms. The molecule has 2 rings (SSSR count). The molecule has 1 heterocycles. The number of halogens is 2. The Morgan fingerprint density at radius 1 is 1.16 bits per heavy atom. The molecular weight excluding hydrogens is 330 g/mol. The van der Waals surface area contributed by atoms with Gasteiger partial charge in [-0.15, -0.1) is 0 Å². The zero-order chi connectivity index (χ0) is 18.4. The van der Waals surface area contributed by atoms with E-state index in [1.165, 1.54) is 6.20 Å². The second-order valence-electron chi connectivity index (χ2n) is 5.33. The van der Waals surface area contributed by atoms with Gasteiger partial charge in [0.15, 0.2) is 0 Å². The van der Waals surface area contributed by atoms with Crippen molar-refractivity contribution in [2.45, 2.75) is 6.92 Å². The third-order valence-corrected chi connectivity index (χ3v) is 3.27. The van der Waals surface area contributed by atoms with Crippen LogP contribution in [0.1, 0.15) is 17.3 Å². The van der Waals surface area contributed by atoms with Crippen molar-refractivity contribution in [3.05, 3.63) is 53.7 Å². The van der Waals surface area contributed by atoms with E-state index < -0.39 is 17.5 Å². The number of rotatable bonds is 6. The molecule has 1 aromatic carbocycles. The van der Waals surface area contributed by atoms with E-state index in [9.17, 15) is 18.4 Å². The van der Waals surface area contributed by atoms with Crippen LogP contribution >= 0.6 is 0 Å². The number of amides is 2. The molecule has 0 bridgehead atoms. The lowest BCUT2D eigenvalue weighted by Crippen LogP contribution is -2.30. The van der Waals surface area contributed by atoms with Gasteiger partial charge in [-0.25, -0.2) is 13.8 Å². The number of anilines is 2. The van der Waals surface area contributed by atoms with Gasteiger partial charge >= 0.3 is 0 Å². The van der Waals surface area contributed by atoms with Gasteiger partial charge in [0.2, 0.25) is 5.91 Å². The van der Waals surface area contributed by atoms with Crippen molar-refractivity contribution in [2.24, 2.45) is 0 Å². The molecule has 25 heavy (non-hydrogen) atoms. The number of hydrogen-bond donors (Lipinski definition) is 2. The van der Waals surface area contributed by atoms with Crippen LogP contribution in [0, 0.1) is 11.6 Å². The monoisotopic (exact) mass is 348 g/mol. The van der Waals surface area contributed by atoms with Gasteiger partial charge in [-0.05, 0) is 31.2 Å². The summed E-state index contributed by atoms with van der Waals surface area (Å²) in [6.45, 7) is 2.25. The molecule has 2 amide bonds. The molecule has 0 fully saturated rings. The Morgan fingerprint density at radius 2 is 1.84 bits per heavy atom. The van der Waals surface area contributed by atoms with Crippen LogP contribution in [0.5, 0.6) is 0 Å². The first-order valence-electron chi connectivity index (χ1n) is 7.60. The highest BCUT2D eigenvalue weighted by molar-refractivity contribution is 5.95. The second kappa shape index (κ2) is 8.18. The van der Waals surface area contributed by atoms with E-state index >= 15 is 0 Å². The van der Waals surface area contributed by atoms with Crippen LogP contribution in [0.15, 0.2) is 36.5 Å². The molecule has 0 aliphatic heterocycles. The number of carbonyl (C=O) groups excluding carboxylic acids is 2. The minimum absolute atomic E-state index is 0.0374. The number of hydrogen-bond acceptors (Lipinski definition) is 4. The molecule has 132 valence electrons. The lowest BCUT2D eigenvalue weighted by molar-refractivity contribution is -0.114. The van der Waals surface area contributed by atoms with Gasteiger partial charge in [0.25, 0.3) is 5.91 Å². The van der Waals surface area contributed by atoms with Crippen LogP contribution in [0.4, 0.5) is 20.3 Å². The van der Waals surface area contributed by atoms with E-state index in [4.69, 9.17) is 0 Å². The van der Waals surface area contributed by atoms with Gasteiger partial charge in [0.05, 0.1) is 12.1 Å². The minimum atomic E-state index is -0.772. The largest absolute Gasteiger partial charge is 0.352 e. The highest BCUT2D eigenvalue weighted by Gasteiger charge is 2.11. The lowest BCUT2D eigenvalue weighted by Gasteiger charge is -2.18. The summed E-state index contributed by atoms with van der Waals surface area (Å²) in [6.07, 6.45) is 1.41. The molecule has 0 aliphatic carbocycles. The Morgan fingerprint density at radius 3 is 2.40 bits per heavy atom. The van der Waals surface area contributed by atoms with Crippen molar-refractivity contribution >= 4 is 23.3 Å². The van der Waals surface area contributed by atoms with Gasteiger partial charge in [-0.2, -0.15) is 0 Å². The lowest BCUT2D eigenvalue weighted by atomic mass is 10.2. The zero-order valence-corrected chi connectivity index (χ0v) is 13.8. The van der Waals surface area contributed by atoms with Gasteiger partial charge in [0.1, 0.15) is 17.5 Å². The third-order valence-electron chi connectivity index (χ3n) is 3.27. The molecule has 0 saturated carbocycles. The van der Waals surface area contributed by atoms with Crippen LogP contribution in [0.3, 0.4) is 0 Å². The molecular formula is C17H18F2N4O2. The maximum Gasteiger partial charge on any atom is 0.252 e. The Bertz CT molecular complexity index is 745. The summed E-state index contributed by atoms with van der Waals surface area (Å²) in [5.74, 6) is -1.75. The van der Waals surface area contributed by atoms with E-state index in [2.05, 4.69) is 15.6 Å². The Kier molecular flexibility index (Phi) is 5.99. The number of likely N-dealkylation sites (N-methyl/N-ethyl adjacent to an activating group) is 1. The van der Waals surface area contributed by atoms with E-state index in [0.717, 1.165) is 18.2 Å². The van der Waals surface area contributed by atoms with Gasteiger partial charge in [0, 0.05) is 31.5 Å². The smallest absolute Gasteiger partial charge is 0.252 e. The van der Waals surface area contributed by atoms with Gasteiger partial charge in [-0.1, -0.05) is 0 Å². The van der Waals surface area contributed by atoms with E-state index in [0.29, 0.717) is 17.9 Å². The van der Waals surface area contributed by atoms with Crippen molar-refractivity contribution in [3.8, 4) is 0 Å². The SMILES string of the molecule is CCNC(=O)c1ccc(N(C)CC(=O)Nc2cc(F)cc(F)c2)nc1. The second-order valence-corrected chi connectivity index (χ2v) is 5.33. The number of aromatic nitrogens is 1. The quantitative estimate of drug-likeness (QED) is 0.839. The molecule has 0 spiro atoms. The fourth-order valence-electron chi connectivity index (χ4n) is 2.13. The van der Waals surface area contributed by atoms with Gasteiger partial charge < -0.3 is 15.5 Å². The molecule has 6 nitrogen and oxygen atoms in total. The predicted molar refractivity (Wildman–Crippen MR) is 90.5 cm³/mol. The average Bonchev–Trinajstić information content (AvgIpc) is 2.54. The molecule has 1 aromatic heterocycles. The summed E-state index contributed by atoms with van der Waals surface area (Å²) in [4.78, 5) is 29.3. The van der Waals surface area contributed by atoms with Crippen LogP contribution in [-0.2, 0) is 4.79 Å². The molecule has 0 radical (unpaired) electrons. The fraction of sp³-hybridized carbons (Fsp3) is 0.235. The van der Waals surface area contributed by atoms with Crippen LogP contribution in [0.2, 0.25) is 0 Å². The first-order chi connectivity index (χ1) is 11.9. The molecule has 0 saturated heterocycles. The number of nitrogens with one attached hydrogen (secondary N) is 2. The molecule has 0 unspecified atom stereocenters. The van der Waals surface area contributed by atoms with Crippen LogP contribution in [-0.4, -0.2) is 36.9 Å². The summed E-state index contributed by atoms with van der Waals surface area (Å²) in [7, 11) is 1.64. The van der Waals surface area contributed by atoms with Crippen molar-refractivity contribution in [3.63, 3.8) is 0 Å². The fourth-order valence-corrected chi connectivity index (χ4v) is 2.13. The number of carbonyl (C=O) groups is 2. The summed E-state index contributed by atoms with van der Waals surface area (Å²) in [6, 6.07) is 5.99. The minimum Gasteiger partial charge on any atom is -0.352 e. The Hall–Kier alpha value is -3.03. The predicted octanol–water partition coefficient (Wildman–Crippen LogP) is 2.18. The maximum absolute atomic E-state index is 13.1. The normalized spacial score (nSPS) is 10.2. The Labute approximate surface area is 143 Å². The number of pyridine rings is 1. The molecule has 0 atom stereocenters.